The van der Waals surface area contributed by atoms with Gasteiger partial charge >= 0.3 is 0 Å². The molecule has 1 N–H and O–H groups in total. The standard InChI is InChI=1S/C20H21N5O2S/c1-3-18(19(27)21-17-11-9-16(10-12-17)14(2)26)28-20-22-23-24-25(20)13-15-7-5-4-6-8-15/h4-12,18H,3,13H2,1-2H3,(H,21,27). The van der Waals surface area contributed by atoms with Crippen LogP contribution in [0.2, 0.25) is 0 Å². The fourth-order valence-corrected chi connectivity index (χ4v) is 3.49. The molecule has 0 aliphatic carbocycles. The highest BCUT2D eigenvalue weighted by molar-refractivity contribution is 8.00. The smallest absolute Gasteiger partial charge is 0.237 e. The van der Waals surface area contributed by atoms with Crippen molar-refractivity contribution in [1.29, 1.82) is 0 Å². The number of hydrogen-bond donors (Lipinski definition) is 1. The Morgan fingerprint density at radius 1 is 1.11 bits per heavy atom. The highest BCUT2D eigenvalue weighted by atomic mass is 32.2. The van der Waals surface area contributed by atoms with Gasteiger partial charge in [-0.15, -0.1) is 5.10 Å². The van der Waals surface area contributed by atoms with Crippen LogP contribution in [0.3, 0.4) is 0 Å². The first-order valence-electron chi connectivity index (χ1n) is 8.95. The van der Waals surface area contributed by atoms with Crippen LogP contribution >= 0.6 is 11.8 Å². The summed E-state index contributed by atoms with van der Waals surface area (Å²) in [5.41, 5.74) is 2.34. The molecule has 3 rings (SSSR count). The lowest BCUT2D eigenvalue weighted by atomic mass is 10.1. The van der Waals surface area contributed by atoms with Gasteiger partial charge in [-0.05, 0) is 53.6 Å². The quantitative estimate of drug-likeness (QED) is 0.464. The highest BCUT2D eigenvalue weighted by Crippen LogP contribution is 2.25. The molecule has 3 aromatic rings. The van der Waals surface area contributed by atoms with Gasteiger partial charge in [-0.1, -0.05) is 49.0 Å². The number of hydrogen-bond acceptors (Lipinski definition) is 6. The Morgan fingerprint density at radius 2 is 1.82 bits per heavy atom. The highest BCUT2D eigenvalue weighted by Gasteiger charge is 2.21. The van der Waals surface area contributed by atoms with Crippen LogP contribution in [0.1, 0.15) is 36.2 Å². The van der Waals surface area contributed by atoms with E-state index in [1.807, 2.05) is 37.3 Å². The van der Waals surface area contributed by atoms with E-state index in [2.05, 4.69) is 20.8 Å². The molecule has 0 spiro atoms. The molecule has 1 unspecified atom stereocenters. The minimum atomic E-state index is -0.340. The summed E-state index contributed by atoms with van der Waals surface area (Å²) in [4.78, 5) is 24.0. The van der Waals surface area contributed by atoms with E-state index in [-0.39, 0.29) is 16.9 Å². The second-order valence-corrected chi connectivity index (χ2v) is 7.41. The maximum absolute atomic E-state index is 12.7. The maximum atomic E-state index is 12.7. The van der Waals surface area contributed by atoms with Crippen LogP contribution in [0.15, 0.2) is 59.8 Å². The summed E-state index contributed by atoms with van der Waals surface area (Å²) in [6, 6.07) is 16.8. The number of nitrogens with one attached hydrogen (secondary N) is 1. The molecule has 144 valence electrons. The number of thioether (sulfide) groups is 1. The van der Waals surface area contributed by atoms with Crippen LogP contribution in [0.25, 0.3) is 0 Å². The molecule has 0 saturated heterocycles. The zero-order chi connectivity index (χ0) is 19.9. The molecule has 28 heavy (non-hydrogen) atoms. The lowest BCUT2D eigenvalue weighted by molar-refractivity contribution is -0.115. The van der Waals surface area contributed by atoms with Gasteiger partial charge in [0.1, 0.15) is 0 Å². The normalized spacial score (nSPS) is 11.8. The molecule has 1 atom stereocenters. The number of carbonyl (C=O) groups excluding carboxylic acids is 2. The summed E-state index contributed by atoms with van der Waals surface area (Å²) < 4.78 is 1.69. The maximum Gasteiger partial charge on any atom is 0.237 e. The van der Waals surface area contributed by atoms with Gasteiger partial charge in [-0.3, -0.25) is 9.59 Å². The second kappa shape index (κ2) is 9.27. The molecule has 0 radical (unpaired) electrons. The van der Waals surface area contributed by atoms with Gasteiger partial charge in [0, 0.05) is 11.3 Å². The zero-order valence-electron chi connectivity index (χ0n) is 15.7. The minimum Gasteiger partial charge on any atom is -0.325 e. The molecule has 1 heterocycles. The number of amides is 1. The molecule has 2 aromatic carbocycles. The first-order chi connectivity index (χ1) is 13.6. The Kier molecular flexibility index (Phi) is 6.54. The predicted molar refractivity (Wildman–Crippen MR) is 108 cm³/mol. The van der Waals surface area contributed by atoms with Crippen LogP contribution in [0.5, 0.6) is 0 Å². The number of tetrazole rings is 1. The molecule has 7 nitrogen and oxygen atoms in total. The van der Waals surface area contributed by atoms with E-state index in [1.165, 1.54) is 18.7 Å². The number of Topliss-reactive ketones (excluding diaryl/α,β-unsaturated/α-hetero) is 1. The summed E-state index contributed by atoms with van der Waals surface area (Å²) >= 11 is 1.34. The Labute approximate surface area is 167 Å². The van der Waals surface area contributed by atoms with Crippen molar-refractivity contribution in [1.82, 2.24) is 20.2 Å². The Bertz CT molecular complexity index is 941. The van der Waals surface area contributed by atoms with Gasteiger partial charge in [0.05, 0.1) is 11.8 Å². The van der Waals surface area contributed by atoms with Crippen molar-refractivity contribution in [3.05, 3.63) is 65.7 Å². The number of rotatable bonds is 8. The van der Waals surface area contributed by atoms with Crippen molar-refractivity contribution in [3.8, 4) is 0 Å². The fourth-order valence-electron chi connectivity index (χ4n) is 2.60. The third-order valence-electron chi connectivity index (χ3n) is 4.14. The molecular formula is C20H21N5O2S. The minimum absolute atomic E-state index is 0.00915. The van der Waals surface area contributed by atoms with Gasteiger partial charge in [-0.25, -0.2) is 4.68 Å². The van der Waals surface area contributed by atoms with Gasteiger partial charge < -0.3 is 5.32 Å². The number of anilines is 1. The fraction of sp³-hybridized carbons (Fsp3) is 0.250. The van der Waals surface area contributed by atoms with Crippen molar-refractivity contribution in [2.45, 2.75) is 37.2 Å². The number of ketones is 1. The largest absolute Gasteiger partial charge is 0.325 e. The number of benzene rings is 2. The monoisotopic (exact) mass is 395 g/mol. The van der Waals surface area contributed by atoms with Gasteiger partial charge in [0.2, 0.25) is 11.1 Å². The van der Waals surface area contributed by atoms with E-state index < -0.39 is 0 Å². The van der Waals surface area contributed by atoms with E-state index in [0.717, 1.165) is 5.56 Å². The summed E-state index contributed by atoms with van der Waals surface area (Å²) in [7, 11) is 0. The van der Waals surface area contributed by atoms with Crippen molar-refractivity contribution in [2.75, 3.05) is 5.32 Å². The van der Waals surface area contributed by atoms with Crippen LogP contribution in [0.4, 0.5) is 5.69 Å². The molecule has 0 aliphatic heterocycles. The molecule has 0 bridgehead atoms. The van der Waals surface area contributed by atoms with Gasteiger partial charge in [0.25, 0.3) is 0 Å². The lowest BCUT2D eigenvalue weighted by Gasteiger charge is -2.14. The number of carbonyl (C=O) groups is 2. The molecule has 1 amide bonds. The van der Waals surface area contributed by atoms with E-state index in [1.54, 1.807) is 28.9 Å². The Balaban J connectivity index is 1.66. The van der Waals surface area contributed by atoms with Crippen molar-refractivity contribution in [3.63, 3.8) is 0 Å². The average molecular weight is 395 g/mol. The SMILES string of the molecule is CCC(Sc1nnnn1Cc1ccccc1)C(=O)Nc1ccc(C(C)=O)cc1. The first kappa shape index (κ1) is 19.8. The topological polar surface area (TPSA) is 89.8 Å². The molecule has 1 aromatic heterocycles. The van der Waals surface area contributed by atoms with Crippen LogP contribution in [-0.2, 0) is 11.3 Å². The third kappa shape index (κ3) is 5.04. The van der Waals surface area contributed by atoms with Gasteiger partial charge in [-0.2, -0.15) is 0 Å². The summed E-state index contributed by atoms with van der Waals surface area (Å²) in [6.07, 6.45) is 0.625. The van der Waals surface area contributed by atoms with Crippen molar-refractivity contribution in [2.24, 2.45) is 0 Å². The molecule has 8 heteroatoms. The average Bonchev–Trinajstić information content (AvgIpc) is 3.13. The summed E-state index contributed by atoms with van der Waals surface area (Å²) in [5, 5.41) is 15.0. The van der Waals surface area contributed by atoms with E-state index >= 15 is 0 Å². The Hall–Kier alpha value is -3.00. The molecular weight excluding hydrogens is 374 g/mol. The number of aromatic nitrogens is 4. The zero-order valence-corrected chi connectivity index (χ0v) is 16.5. The lowest BCUT2D eigenvalue weighted by Crippen LogP contribution is -2.25. The van der Waals surface area contributed by atoms with Gasteiger partial charge in [0.15, 0.2) is 5.78 Å². The van der Waals surface area contributed by atoms with E-state index in [9.17, 15) is 9.59 Å². The molecule has 0 saturated carbocycles. The van der Waals surface area contributed by atoms with Crippen LogP contribution in [0, 0.1) is 0 Å². The van der Waals surface area contributed by atoms with Crippen molar-refractivity contribution < 1.29 is 9.59 Å². The molecule has 0 fully saturated rings. The van der Waals surface area contributed by atoms with E-state index in [0.29, 0.717) is 29.4 Å². The summed E-state index contributed by atoms with van der Waals surface area (Å²) in [5.74, 6) is -0.137. The molecule has 0 aliphatic rings. The first-order valence-corrected chi connectivity index (χ1v) is 9.83. The van der Waals surface area contributed by atoms with Crippen molar-refractivity contribution >= 4 is 29.1 Å². The van der Waals surface area contributed by atoms with E-state index in [4.69, 9.17) is 0 Å². The Morgan fingerprint density at radius 3 is 2.46 bits per heavy atom. The summed E-state index contributed by atoms with van der Waals surface area (Å²) in [6.45, 7) is 4.00. The number of nitrogens with zero attached hydrogens (tertiary/aromatic N) is 4. The predicted octanol–water partition coefficient (Wildman–Crippen LogP) is 3.43. The second-order valence-electron chi connectivity index (χ2n) is 6.24. The van der Waals surface area contributed by atoms with Crippen LogP contribution in [-0.4, -0.2) is 37.1 Å². The third-order valence-corrected chi connectivity index (χ3v) is 5.48. The van der Waals surface area contributed by atoms with Crippen LogP contribution < -0.4 is 5.32 Å².